The number of ether oxygens (including phenoxy) is 1. The molecule has 0 bridgehead atoms. The first-order chi connectivity index (χ1) is 10.6. The van der Waals surface area contributed by atoms with E-state index in [4.69, 9.17) is 4.74 Å². The number of phenols is 1. The third-order valence-corrected chi connectivity index (χ3v) is 4.06. The maximum Gasteiger partial charge on any atom is 0.407 e. The Labute approximate surface area is 138 Å². The average Bonchev–Trinajstić information content (AvgIpc) is 2.80. The molecule has 0 radical (unpaired) electrons. The molecule has 5 nitrogen and oxygen atoms in total. The van der Waals surface area contributed by atoms with E-state index in [1.165, 1.54) is 0 Å². The first-order valence-electron chi connectivity index (χ1n) is 8.20. The number of hydrogen-bond donors (Lipinski definition) is 3. The Morgan fingerprint density at radius 2 is 1.83 bits per heavy atom. The predicted molar refractivity (Wildman–Crippen MR) is 92.0 cm³/mol. The van der Waals surface area contributed by atoms with E-state index in [0.717, 1.165) is 36.1 Å². The van der Waals surface area contributed by atoms with Crippen LogP contribution in [0.1, 0.15) is 51.2 Å². The van der Waals surface area contributed by atoms with Crippen LogP contribution in [0.15, 0.2) is 12.1 Å². The number of alkyl carbamates (subject to hydrolysis) is 1. The number of nitrogens with one attached hydrogen (secondary N) is 2. The van der Waals surface area contributed by atoms with Crippen LogP contribution in [0.2, 0.25) is 0 Å². The van der Waals surface area contributed by atoms with E-state index in [1.807, 2.05) is 40.7 Å². The molecule has 1 aliphatic rings. The van der Waals surface area contributed by atoms with E-state index in [1.54, 1.807) is 6.07 Å². The molecular weight excluding hydrogens is 292 g/mol. The molecule has 2 rings (SSSR count). The second-order valence-corrected chi connectivity index (χ2v) is 7.45. The number of benzene rings is 1. The van der Waals surface area contributed by atoms with Gasteiger partial charge in [0.05, 0.1) is 0 Å². The summed E-state index contributed by atoms with van der Waals surface area (Å²) < 4.78 is 5.30. The zero-order valence-corrected chi connectivity index (χ0v) is 14.7. The van der Waals surface area contributed by atoms with Crippen molar-refractivity contribution in [3.05, 3.63) is 23.3 Å². The number of phenolic OH excluding ortho intramolecular Hbond substituents is 1. The Morgan fingerprint density at radius 1 is 1.17 bits per heavy atom. The molecule has 1 aromatic carbocycles. The second-order valence-electron chi connectivity index (χ2n) is 7.45. The van der Waals surface area contributed by atoms with Gasteiger partial charge in [-0.05, 0) is 77.1 Å². The molecule has 0 heterocycles. The minimum Gasteiger partial charge on any atom is -0.508 e. The summed E-state index contributed by atoms with van der Waals surface area (Å²) in [6.45, 7) is 9.46. The number of carbonyl (C=O) groups is 1. The highest BCUT2D eigenvalue weighted by atomic mass is 16.6. The van der Waals surface area contributed by atoms with Crippen LogP contribution in [0, 0.1) is 13.8 Å². The van der Waals surface area contributed by atoms with Gasteiger partial charge < -0.3 is 20.5 Å². The fraction of sp³-hybridized carbons (Fsp3) is 0.611. The Morgan fingerprint density at radius 3 is 2.48 bits per heavy atom. The summed E-state index contributed by atoms with van der Waals surface area (Å²) in [4.78, 5) is 11.8. The number of anilines is 1. The highest BCUT2D eigenvalue weighted by Crippen LogP contribution is 2.29. The van der Waals surface area contributed by atoms with Crippen LogP contribution in [-0.2, 0) is 4.74 Å². The SMILES string of the molecule is Cc1cc(NC2CCC(NC(=O)OC(C)(C)C)C2)c(C)cc1O. The fourth-order valence-corrected chi connectivity index (χ4v) is 2.89. The molecule has 3 N–H and O–H groups in total. The molecule has 0 aromatic heterocycles. The third kappa shape index (κ3) is 5.05. The quantitative estimate of drug-likeness (QED) is 0.740. The highest BCUT2D eigenvalue weighted by Gasteiger charge is 2.27. The lowest BCUT2D eigenvalue weighted by Crippen LogP contribution is -2.38. The van der Waals surface area contributed by atoms with Gasteiger partial charge in [0.1, 0.15) is 11.4 Å². The Hall–Kier alpha value is -1.91. The van der Waals surface area contributed by atoms with Gasteiger partial charge in [0.2, 0.25) is 0 Å². The molecule has 1 amide bonds. The number of hydrogen-bond acceptors (Lipinski definition) is 4. The molecule has 1 aliphatic carbocycles. The second kappa shape index (κ2) is 6.69. The number of carbonyl (C=O) groups excluding carboxylic acids is 1. The molecule has 23 heavy (non-hydrogen) atoms. The molecule has 2 unspecified atom stereocenters. The van der Waals surface area contributed by atoms with Crippen molar-refractivity contribution in [1.82, 2.24) is 5.32 Å². The molecule has 1 aromatic rings. The van der Waals surface area contributed by atoms with Crippen molar-refractivity contribution in [2.75, 3.05) is 5.32 Å². The summed E-state index contributed by atoms with van der Waals surface area (Å²) in [5, 5.41) is 16.2. The molecule has 128 valence electrons. The molecule has 1 saturated carbocycles. The van der Waals surface area contributed by atoms with Crippen molar-refractivity contribution in [3.63, 3.8) is 0 Å². The van der Waals surface area contributed by atoms with Crippen molar-refractivity contribution in [1.29, 1.82) is 0 Å². The largest absolute Gasteiger partial charge is 0.508 e. The molecule has 1 fully saturated rings. The van der Waals surface area contributed by atoms with Crippen molar-refractivity contribution in [2.45, 2.75) is 71.6 Å². The smallest absolute Gasteiger partial charge is 0.407 e. The predicted octanol–water partition coefficient (Wildman–Crippen LogP) is 3.87. The van der Waals surface area contributed by atoms with E-state index in [2.05, 4.69) is 10.6 Å². The molecule has 0 aliphatic heterocycles. The number of aryl methyl sites for hydroxylation is 2. The van der Waals surface area contributed by atoms with Crippen LogP contribution in [-0.4, -0.2) is 28.9 Å². The van der Waals surface area contributed by atoms with Gasteiger partial charge in [-0.15, -0.1) is 0 Å². The van der Waals surface area contributed by atoms with Gasteiger partial charge >= 0.3 is 6.09 Å². The topological polar surface area (TPSA) is 70.6 Å². The molecule has 0 spiro atoms. The number of amides is 1. The number of aromatic hydroxyl groups is 1. The van der Waals surface area contributed by atoms with E-state index < -0.39 is 5.60 Å². The van der Waals surface area contributed by atoms with Gasteiger partial charge in [0, 0.05) is 17.8 Å². The maximum absolute atomic E-state index is 11.8. The van der Waals surface area contributed by atoms with Gasteiger partial charge in [-0.25, -0.2) is 4.79 Å². The van der Waals surface area contributed by atoms with Crippen LogP contribution in [0.3, 0.4) is 0 Å². The molecule has 5 heteroatoms. The first-order valence-corrected chi connectivity index (χ1v) is 8.20. The monoisotopic (exact) mass is 320 g/mol. The molecule has 0 saturated heterocycles. The Balaban J connectivity index is 1.89. The fourth-order valence-electron chi connectivity index (χ4n) is 2.89. The van der Waals surface area contributed by atoms with E-state index in [-0.39, 0.29) is 12.1 Å². The normalized spacial score (nSPS) is 21.1. The standard InChI is InChI=1S/C18H28N2O3/c1-11-9-16(21)12(2)8-15(11)19-13-6-7-14(10-13)20-17(22)23-18(3,4)5/h8-9,13-14,19,21H,6-7,10H2,1-5H3,(H,20,22). The highest BCUT2D eigenvalue weighted by molar-refractivity contribution is 5.68. The third-order valence-electron chi connectivity index (χ3n) is 4.06. The van der Waals surface area contributed by atoms with Crippen molar-refractivity contribution < 1.29 is 14.6 Å². The average molecular weight is 320 g/mol. The van der Waals surface area contributed by atoms with Crippen molar-refractivity contribution in [2.24, 2.45) is 0 Å². The van der Waals surface area contributed by atoms with Gasteiger partial charge in [-0.1, -0.05) is 0 Å². The summed E-state index contributed by atoms with van der Waals surface area (Å²) in [7, 11) is 0. The van der Waals surface area contributed by atoms with Gasteiger partial charge in [-0.3, -0.25) is 0 Å². The van der Waals surface area contributed by atoms with Crippen LogP contribution in [0.5, 0.6) is 5.75 Å². The Kier molecular flexibility index (Phi) is 5.07. The maximum atomic E-state index is 11.8. The minimum atomic E-state index is -0.471. The van der Waals surface area contributed by atoms with E-state index in [9.17, 15) is 9.90 Å². The van der Waals surface area contributed by atoms with Crippen molar-refractivity contribution in [3.8, 4) is 5.75 Å². The van der Waals surface area contributed by atoms with E-state index in [0.29, 0.717) is 11.8 Å². The molecular formula is C18H28N2O3. The summed E-state index contributed by atoms with van der Waals surface area (Å²) in [5.41, 5.74) is 2.46. The van der Waals surface area contributed by atoms with Crippen LogP contribution < -0.4 is 10.6 Å². The van der Waals surface area contributed by atoms with Crippen LogP contribution in [0.4, 0.5) is 10.5 Å². The first kappa shape index (κ1) is 17.4. The lowest BCUT2D eigenvalue weighted by atomic mass is 10.1. The Bertz CT molecular complexity index is 578. The van der Waals surface area contributed by atoms with Gasteiger partial charge in [-0.2, -0.15) is 0 Å². The van der Waals surface area contributed by atoms with E-state index >= 15 is 0 Å². The zero-order valence-electron chi connectivity index (χ0n) is 14.7. The summed E-state index contributed by atoms with van der Waals surface area (Å²) in [5.74, 6) is 0.323. The summed E-state index contributed by atoms with van der Waals surface area (Å²) in [6, 6.07) is 4.21. The molecule has 2 atom stereocenters. The zero-order chi connectivity index (χ0) is 17.2. The summed E-state index contributed by atoms with van der Waals surface area (Å²) >= 11 is 0. The summed E-state index contributed by atoms with van der Waals surface area (Å²) in [6.07, 6.45) is 2.46. The van der Waals surface area contributed by atoms with Gasteiger partial charge in [0.25, 0.3) is 0 Å². The minimum absolute atomic E-state index is 0.140. The number of rotatable bonds is 3. The van der Waals surface area contributed by atoms with Crippen LogP contribution in [0.25, 0.3) is 0 Å². The van der Waals surface area contributed by atoms with Crippen molar-refractivity contribution >= 4 is 11.8 Å². The van der Waals surface area contributed by atoms with Crippen LogP contribution >= 0.6 is 0 Å². The van der Waals surface area contributed by atoms with Gasteiger partial charge in [0.15, 0.2) is 0 Å². The lowest BCUT2D eigenvalue weighted by molar-refractivity contribution is 0.0505. The lowest BCUT2D eigenvalue weighted by Gasteiger charge is -2.22.